The van der Waals surface area contributed by atoms with Gasteiger partial charge in [0.25, 0.3) is 5.56 Å². The molecule has 7 nitrogen and oxygen atoms in total. The van der Waals surface area contributed by atoms with Gasteiger partial charge in [0.1, 0.15) is 5.69 Å². The van der Waals surface area contributed by atoms with Gasteiger partial charge in [0.2, 0.25) is 5.91 Å². The molecule has 0 atom stereocenters. The number of hydrogen-bond acceptors (Lipinski definition) is 5. The maximum atomic E-state index is 12.2. The van der Waals surface area contributed by atoms with Gasteiger partial charge in [-0.15, -0.1) is 0 Å². The number of anilines is 1. The molecule has 3 aromatic rings. The van der Waals surface area contributed by atoms with Crippen LogP contribution in [0.4, 0.5) is 5.69 Å². The summed E-state index contributed by atoms with van der Waals surface area (Å²) in [5.41, 5.74) is 1.93. The number of aryl methyl sites for hydroxylation is 1. The third-order valence-corrected chi connectivity index (χ3v) is 3.87. The molecule has 0 aliphatic heterocycles. The van der Waals surface area contributed by atoms with Crippen molar-refractivity contribution in [1.82, 2.24) is 9.97 Å². The number of para-hydroxylation sites is 3. The lowest BCUT2D eigenvalue weighted by Crippen LogP contribution is -2.19. The highest BCUT2D eigenvalue weighted by Crippen LogP contribution is 2.16. The number of amides is 1. The summed E-state index contributed by atoms with van der Waals surface area (Å²) in [4.78, 5) is 43.1. The summed E-state index contributed by atoms with van der Waals surface area (Å²) < 4.78 is 4.70. The molecule has 2 aromatic carbocycles. The number of benzene rings is 2. The zero-order valence-corrected chi connectivity index (χ0v) is 14.1. The highest BCUT2D eigenvalue weighted by atomic mass is 16.5. The van der Waals surface area contributed by atoms with E-state index in [0.717, 1.165) is 0 Å². The Bertz CT molecular complexity index is 1030. The Balaban J connectivity index is 1.71. The van der Waals surface area contributed by atoms with Crippen LogP contribution in [0.1, 0.15) is 22.5 Å². The van der Waals surface area contributed by atoms with Crippen LogP contribution in [0, 0.1) is 0 Å². The molecule has 0 radical (unpaired) electrons. The third kappa shape index (κ3) is 3.77. The maximum Gasteiger partial charge on any atom is 0.339 e. The number of nitrogens with zero attached hydrogens (tertiary/aromatic N) is 1. The Morgan fingerprint density at radius 1 is 1.12 bits per heavy atom. The van der Waals surface area contributed by atoms with Crippen molar-refractivity contribution < 1.29 is 14.3 Å². The molecule has 26 heavy (non-hydrogen) atoms. The molecule has 0 aliphatic carbocycles. The van der Waals surface area contributed by atoms with Gasteiger partial charge in [-0.25, -0.2) is 9.78 Å². The topological polar surface area (TPSA) is 101 Å². The number of hydrogen-bond donors (Lipinski definition) is 2. The van der Waals surface area contributed by atoms with Crippen LogP contribution in [0.5, 0.6) is 0 Å². The van der Waals surface area contributed by atoms with Gasteiger partial charge in [-0.3, -0.25) is 9.59 Å². The number of carbonyl (C=O) groups is 2. The SMILES string of the molecule is COC(=O)c1ccccc1NC(=O)CCc1nc2ccccc2[nH]c1=O. The molecule has 3 rings (SSSR count). The van der Waals surface area contributed by atoms with Gasteiger partial charge in [0.05, 0.1) is 29.4 Å². The summed E-state index contributed by atoms with van der Waals surface area (Å²) in [5.74, 6) is -0.857. The molecule has 0 fully saturated rings. The second-order valence-electron chi connectivity index (χ2n) is 5.62. The number of nitrogens with one attached hydrogen (secondary N) is 2. The average Bonchev–Trinajstić information content (AvgIpc) is 2.66. The highest BCUT2D eigenvalue weighted by Gasteiger charge is 2.14. The van der Waals surface area contributed by atoms with Crippen LogP contribution in [0.3, 0.4) is 0 Å². The summed E-state index contributed by atoms with van der Waals surface area (Å²) in [5, 5.41) is 2.67. The van der Waals surface area contributed by atoms with Gasteiger partial charge in [-0.1, -0.05) is 24.3 Å². The van der Waals surface area contributed by atoms with Crippen molar-refractivity contribution >= 4 is 28.6 Å². The number of aromatic nitrogens is 2. The quantitative estimate of drug-likeness (QED) is 0.687. The monoisotopic (exact) mass is 351 g/mol. The number of rotatable bonds is 5. The van der Waals surface area contributed by atoms with E-state index in [0.29, 0.717) is 22.4 Å². The molecule has 0 saturated carbocycles. The summed E-state index contributed by atoms with van der Waals surface area (Å²) in [6.07, 6.45) is 0.246. The number of carbonyl (C=O) groups excluding carboxylic acids is 2. The fourth-order valence-corrected chi connectivity index (χ4v) is 2.56. The van der Waals surface area contributed by atoms with Crippen LogP contribution in [-0.2, 0) is 16.0 Å². The molecule has 132 valence electrons. The molecule has 0 aliphatic rings. The van der Waals surface area contributed by atoms with Crippen molar-refractivity contribution in [2.75, 3.05) is 12.4 Å². The van der Waals surface area contributed by atoms with Crippen molar-refractivity contribution in [1.29, 1.82) is 0 Å². The van der Waals surface area contributed by atoms with E-state index in [2.05, 4.69) is 15.3 Å². The second kappa shape index (κ2) is 7.60. The molecule has 7 heteroatoms. The summed E-state index contributed by atoms with van der Waals surface area (Å²) in [6, 6.07) is 13.8. The minimum Gasteiger partial charge on any atom is -0.465 e. The van der Waals surface area contributed by atoms with Crippen LogP contribution in [0.15, 0.2) is 53.3 Å². The first kappa shape index (κ1) is 17.3. The summed E-state index contributed by atoms with van der Waals surface area (Å²) in [6.45, 7) is 0. The molecular weight excluding hydrogens is 334 g/mol. The van der Waals surface area contributed by atoms with Crippen molar-refractivity contribution in [2.45, 2.75) is 12.8 Å². The smallest absolute Gasteiger partial charge is 0.339 e. The fraction of sp³-hybridized carbons (Fsp3) is 0.158. The van der Waals surface area contributed by atoms with Gasteiger partial charge in [-0.2, -0.15) is 0 Å². The van der Waals surface area contributed by atoms with Crippen LogP contribution >= 0.6 is 0 Å². The molecule has 1 amide bonds. The highest BCUT2D eigenvalue weighted by molar-refractivity contribution is 6.01. The molecule has 2 N–H and O–H groups in total. The summed E-state index contributed by atoms with van der Waals surface area (Å²) >= 11 is 0. The van der Waals surface area contributed by atoms with Gasteiger partial charge in [0.15, 0.2) is 0 Å². The zero-order valence-electron chi connectivity index (χ0n) is 14.1. The van der Waals surface area contributed by atoms with E-state index in [1.165, 1.54) is 7.11 Å². The lowest BCUT2D eigenvalue weighted by molar-refractivity contribution is -0.116. The lowest BCUT2D eigenvalue weighted by atomic mass is 10.1. The average molecular weight is 351 g/mol. The Labute approximate surface area is 149 Å². The van der Waals surface area contributed by atoms with E-state index in [1.807, 2.05) is 12.1 Å². The molecule has 0 bridgehead atoms. The molecule has 0 saturated heterocycles. The lowest BCUT2D eigenvalue weighted by Gasteiger charge is -2.09. The van der Waals surface area contributed by atoms with E-state index in [-0.39, 0.29) is 29.9 Å². The largest absolute Gasteiger partial charge is 0.465 e. The van der Waals surface area contributed by atoms with Gasteiger partial charge < -0.3 is 15.0 Å². The molecule has 0 spiro atoms. The number of methoxy groups -OCH3 is 1. The Hall–Kier alpha value is -3.48. The van der Waals surface area contributed by atoms with E-state index >= 15 is 0 Å². The van der Waals surface area contributed by atoms with Gasteiger partial charge in [0, 0.05) is 12.8 Å². The molecule has 0 unspecified atom stereocenters. The third-order valence-electron chi connectivity index (χ3n) is 3.87. The van der Waals surface area contributed by atoms with Crippen molar-refractivity contribution in [2.24, 2.45) is 0 Å². The second-order valence-corrected chi connectivity index (χ2v) is 5.62. The standard InChI is InChI=1S/C19H17N3O4/c1-26-19(25)12-6-2-3-7-13(12)21-17(23)11-10-16-18(24)22-15-9-5-4-8-14(15)20-16/h2-9H,10-11H2,1H3,(H,21,23)(H,22,24). The van der Waals surface area contributed by atoms with E-state index in [4.69, 9.17) is 4.74 Å². The fourth-order valence-electron chi connectivity index (χ4n) is 2.56. The molecule has 1 aromatic heterocycles. The van der Waals surface area contributed by atoms with Crippen LogP contribution in [0.2, 0.25) is 0 Å². The maximum absolute atomic E-state index is 12.2. The minimum absolute atomic E-state index is 0.0595. The number of ether oxygens (including phenoxy) is 1. The predicted octanol–water partition coefficient (Wildman–Crippen LogP) is 2.28. The number of fused-ring (bicyclic) bond motifs is 1. The normalized spacial score (nSPS) is 10.5. The first-order valence-electron chi connectivity index (χ1n) is 8.03. The van der Waals surface area contributed by atoms with E-state index in [9.17, 15) is 14.4 Å². The number of esters is 1. The van der Waals surface area contributed by atoms with Crippen molar-refractivity contribution in [3.8, 4) is 0 Å². The summed E-state index contributed by atoms with van der Waals surface area (Å²) in [7, 11) is 1.28. The van der Waals surface area contributed by atoms with Gasteiger partial charge in [-0.05, 0) is 24.3 Å². The van der Waals surface area contributed by atoms with Crippen LogP contribution in [-0.4, -0.2) is 29.0 Å². The molecular formula is C19H17N3O4. The van der Waals surface area contributed by atoms with Crippen molar-refractivity contribution in [3.05, 3.63) is 70.1 Å². The number of aromatic amines is 1. The molecule has 1 heterocycles. The zero-order chi connectivity index (χ0) is 18.5. The number of H-pyrrole nitrogens is 1. The Morgan fingerprint density at radius 3 is 2.65 bits per heavy atom. The predicted molar refractivity (Wildman–Crippen MR) is 97.1 cm³/mol. The minimum atomic E-state index is -0.534. The first-order chi connectivity index (χ1) is 12.6. The van der Waals surface area contributed by atoms with Crippen molar-refractivity contribution in [3.63, 3.8) is 0 Å². The van der Waals surface area contributed by atoms with Crippen LogP contribution in [0.25, 0.3) is 11.0 Å². The van der Waals surface area contributed by atoms with Crippen LogP contribution < -0.4 is 10.9 Å². The van der Waals surface area contributed by atoms with E-state index < -0.39 is 5.97 Å². The first-order valence-corrected chi connectivity index (χ1v) is 8.03. The Morgan fingerprint density at radius 2 is 1.85 bits per heavy atom. The van der Waals surface area contributed by atoms with E-state index in [1.54, 1.807) is 36.4 Å². The Kier molecular flexibility index (Phi) is 5.07. The van der Waals surface area contributed by atoms with Gasteiger partial charge >= 0.3 is 5.97 Å².